The normalized spacial score (nSPS) is 16.6. The van der Waals surface area contributed by atoms with Crippen LogP contribution in [0.5, 0.6) is 5.75 Å². The van der Waals surface area contributed by atoms with Crippen LogP contribution in [0.25, 0.3) is 0 Å². The number of nitrogens with zero attached hydrogens (tertiary/aromatic N) is 1. The van der Waals surface area contributed by atoms with E-state index in [2.05, 4.69) is 30.1 Å². The summed E-state index contributed by atoms with van der Waals surface area (Å²) < 4.78 is 11.1. The minimum atomic E-state index is -0.0593. The highest BCUT2D eigenvalue weighted by Gasteiger charge is 2.12. The van der Waals surface area contributed by atoms with Gasteiger partial charge in [0.15, 0.2) is 6.61 Å². The summed E-state index contributed by atoms with van der Waals surface area (Å²) in [5.41, 5.74) is 1.17. The Morgan fingerprint density at radius 1 is 1.33 bits per heavy atom. The van der Waals surface area contributed by atoms with E-state index in [0.29, 0.717) is 12.5 Å². The van der Waals surface area contributed by atoms with Gasteiger partial charge >= 0.3 is 0 Å². The standard InChI is InChI=1S/C19H30N2O3/c1-3-16(2)17-7-4-5-8-18(17)24-15-19(22)20-9-6-10-21-11-13-23-14-12-21/h4-5,7-8,16H,3,6,9-15H2,1-2H3,(H,20,22). The van der Waals surface area contributed by atoms with Crippen molar-refractivity contribution < 1.29 is 14.3 Å². The Balaban J connectivity index is 1.66. The highest BCUT2D eigenvalue weighted by molar-refractivity contribution is 5.77. The number of nitrogens with one attached hydrogen (secondary N) is 1. The Labute approximate surface area is 145 Å². The van der Waals surface area contributed by atoms with Gasteiger partial charge in [-0.25, -0.2) is 0 Å². The van der Waals surface area contributed by atoms with E-state index in [1.165, 1.54) is 5.56 Å². The molecule has 0 saturated carbocycles. The van der Waals surface area contributed by atoms with Crippen LogP contribution in [-0.4, -0.2) is 56.8 Å². The second-order valence-electron chi connectivity index (χ2n) is 6.29. The van der Waals surface area contributed by atoms with Crippen LogP contribution >= 0.6 is 0 Å². The lowest BCUT2D eigenvalue weighted by molar-refractivity contribution is -0.123. The van der Waals surface area contributed by atoms with Gasteiger partial charge in [0.1, 0.15) is 5.75 Å². The van der Waals surface area contributed by atoms with Crippen LogP contribution in [0.3, 0.4) is 0 Å². The van der Waals surface area contributed by atoms with Crippen molar-refractivity contribution in [3.8, 4) is 5.75 Å². The summed E-state index contributed by atoms with van der Waals surface area (Å²) in [6, 6.07) is 7.97. The molecule has 1 saturated heterocycles. The topological polar surface area (TPSA) is 50.8 Å². The maximum Gasteiger partial charge on any atom is 0.257 e. The monoisotopic (exact) mass is 334 g/mol. The molecule has 1 fully saturated rings. The van der Waals surface area contributed by atoms with Gasteiger partial charge in [-0.2, -0.15) is 0 Å². The largest absolute Gasteiger partial charge is 0.483 e. The molecule has 1 heterocycles. The van der Waals surface area contributed by atoms with Crippen LogP contribution in [-0.2, 0) is 9.53 Å². The molecule has 0 aliphatic carbocycles. The number of morpholine rings is 1. The smallest absolute Gasteiger partial charge is 0.257 e. The van der Waals surface area contributed by atoms with Gasteiger partial charge in [0.2, 0.25) is 0 Å². The number of carbonyl (C=O) groups is 1. The minimum Gasteiger partial charge on any atom is -0.483 e. The van der Waals surface area contributed by atoms with Crippen molar-refractivity contribution in [3.63, 3.8) is 0 Å². The number of rotatable bonds is 9. The summed E-state index contributed by atoms with van der Waals surface area (Å²) in [6.45, 7) is 9.70. The molecule has 1 aromatic carbocycles. The number of hydrogen-bond donors (Lipinski definition) is 1. The molecular formula is C19H30N2O3. The SMILES string of the molecule is CCC(C)c1ccccc1OCC(=O)NCCCN1CCOCC1. The lowest BCUT2D eigenvalue weighted by atomic mass is 9.98. The van der Waals surface area contributed by atoms with Crippen molar-refractivity contribution in [2.45, 2.75) is 32.6 Å². The van der Waals surface area contributed by atoms with E-state index in [0.717, 1.165) is 51.4 Å². The van der Waals surface area contributed by atoms with Crippen LogP contribution in [0, 0.1) is 0 Å². The predicted molar refractivity (Wildman–Crippen MR) is 95.5 cm³/mol. The number of ether oxygens (including phenoxy) is 2. The summed E-state index contributed by atoms with van der Waals surface area (Å²) >= 11 is 0. The zero-order valence-electron chi connectivity index (χ0n) is 14.9. The third kappa shape index (κ3) is 6.13. The van der Waals surface area contributed by atoms with Gasteiger partial charge in [-0.1, -0.05) is 32.0 Å². The summed E-state index contributed by atoms with van der Waals surface area (Å²) in [4.78, 5) is 14.3. The zero-order valence-corrected chi connectivity index (χ0v) is 14.9. The first kappa shape index (κ1) is 18.7. The second-order valence-corrected chi connectivity index (χ2v) is 6.29. The van der Waals surface area contributed by atoms with Crippen LogP contribution in [0.15, 0.2) is 24.3 Å². The van der Waals surface area contributed by atoms with Crippen LogP contribution in [0.4, 0.5) is 0 Å². The number of para-hydroxylation sites is 1. The molecule has 0 aromatic heterocycles. The van der Waals surface area contributed by atoms with E-state index in [1.54, 1.807) is 0 Å². The van der Waals surface area contributed by atoms with E-state index < -0.39 is 0 Å². The fraction of sp³-hybridized carbons (Fsp3) is 0.632. The number of hydrogen-bond acceptors (Lipinski definition) is 4. The summed E-state index contributed by atoms with van der Waals surface area (Å²) in [7, 11) is 0. The first-order valence-corrected chi connectivity index (χ1v) is 8.99. The fourth-order valence-corrected chi connectivity index (χ4v) is 2.79. The molecule has 1 aliphatic heterocycles. The molecule has 0 spiro atoms. The van der Waals surface area contributed by atoms with Gasteiger partial charge < -0.3 is 14.8 Å². The average molecular weight is 334 g/mol. The van der Waals surface area contributed by atoms with Gasteiger partial charge in [0, 0.05) is 19.6 Å². The molecule has 1 aliphatic rings. The summed E-state index contributed by atoms with van der Waals surface area (Å²) in [6.07, 6.45) is 2.00. The fourth-order valence-electron chi connectivity index (χ4n) is 2.79. The first-order chi connectivity index (χ1) is 11.7. The molecule has 0 radical (unpaired) electrons. The zero-order chi connectivity index (χ0) is 17.2. The third-order valence-electron chi connectivity index (χ3n) is 4.50. The Hall–Kier alpha value is -1.59. The average Bonchev–Trinajstić information content (AvgIpc) is 2.64. The van der Waals surface area contributed by atoms with Crippen LogP contribution in [0.1, 0.15) is 38.2 Å². The maximum absolute atomic E-state index is 11.9. The summed E-state index contributed by atoms with van der Waals surface area (Å²) in [5.74, 6) is 1.18. The molecule has 24 heavy (non-hydrogen) atoms. The van der Waals surface area contributed by atoms with Gasteiger partial charge in [0.05, 0.1) is 13.2 Å². The lowest BCUT2D eigenvalue weighted by Gasteiger charge is -2.26. The molecule has 1 amide bonds. The van der Waals surface area contributed by atoms with Crippen molar-refractivity contribution in [1.82, 2.24) is 10.2 Å². The van der Waals surface area contributed by atoms with Gasteiger partial charge in [-0.05, 0) is 36.9 Å². The van der Waals surface area contributed by atoms with Gasteiger partial charge in [-0.3, -0.25) is 9.69 Å². The van der Waals surface area contributed by atoms with Crippen LogP contribution in [0.2, 0.25) is 0 Å². The Bertz CT molecular complexity index is 501. The van der Waals surface area contributed by atoms with E-state index >= 15 is 0 Å². The number of amides is 1. The molecule has 134 valence electrons. The van der Waals surface area contributed by atoms with Crippen molar-refractivity contribution in [3.05, 3.63) is 29.8 Å². The molecule has 1 aromatic rings. The van der Waals surface area contributed by atoms with Crippen molar-refractivity contribution in [1.29, 1.82) is 0 Å². The van der Waals surface area contributed by atoms with Crippen molar-refractivity contribution in [2.75, 3.05) is 46.0 Å². The van der Waals surface area contributed by atoms with Crippen molar-refractivity contribution in [2.24, 2.45) is 0 Å². The molecular weight excluding hydrogens is 304 g/mol. The Morgan fingerprint density at radius 3 is 2.83 bits per heavy atom. The molecule has 2 rings (SSSR count). The predicted octanol–water partition coefficient (Wildman–Crippen LogP) is 2.42. The maximum atomic E-state index is 11.9. The third-order valence-corrected chi connectivity index (χ3v) is 4.50. The Morgan fingerprint density at radius 2 is 2.08 bits per heavy atom. The van der Waals surface area contributed by atoms with E-state index in [9.17, 15) is 4.79 Å². The minimum absolute atomic E-state index is 0.0593. The molecule has 1 atom stereocenters. The van der Waals surface area contributed by atoms with Crippen molar-refractivity contribution >= 4 is 5.91 Å². The first-order valence-electron chi connectivity index (χ1n) is 8.99. The molecule has 5 heteroatoms. The molecule has 1 N–H and O–H groups in total. The molecule has 1 unspecified atom stereocenters. The quantitative estimate of drug-likeness (QED) is 0.705. The number of benzene rings is 1. The highest BCUT2D eigenvalue weighted by atomic mass is 16.5. The van der Waals surface area contributed by atoms with Gasteiger partial charge in [0.25, 0.3) is 5.91 Å². The van der Waals surface area contributed by atoms with E-state index in [1.807, 2.05) is 18.2 Å². The summed E-state index contributed by atoms with van der Waals surface area (Å²) in [5, 5.41) is 2.93. The lowest BCUT2D eigenvalue weighted by Crippen LogP contribution is -2.38. The highest BCUT2D eigenvalue weighted by Crippen LogP contribution is 2.28. The number of carbonyl (C=O) groups excluding carboxylic acids is 1. The van der Waals surface area contributed by atoms with Crippen LogP contribution < -0.4 is 10.1 Å². The Kier molecular flexibility index (Phi) is 8.05. The van der Waals surface area contributed by atoms with E-state index in [-0.39, 0.29) is 12.5 Å². The van der Waals surface area contributed by atoms with Gasteiger partial charge in [-0.15, -0.1) is 0 Å². The molecule has 0 bridgehead atoms. The second kappa shape index (κ2) is 10.3. The molecule has 5 nitrogen and oxygen atoms in total. The van der Waals surface area contributed by atoms with E-state index in [4.69, 9.17) is 9.47 Å².